The molecule has 0 radical (unpaired) electrons. The average molecular weight is 534 g/mol. The van der Waals surface area contributed by atoms with Crippen molar-refractivity contribution in [3.8, 4) is 0 Å². The van der Waals surface area contributed by atoms with Crippen molar-refractivity contribution in [3.05, 3.63) is 54.3 Å². The Morgan fingerprint density at radius 3 is 1.84 bits per heavy atom. The summed E-state index contributed by atoms with van der Waals surface area (Å²) in [4.78, 5) is 0.470. The van der Waals surface area contributed by atoms with Crippen LogP contribution in [0.25, 0.3) is 0 Å². The Balaban J connectivity index is 2.65. The van der Waals surface area contributed by atoms with E-state index < -0.39 is 9.84 Å². The molecule has 0 atom stereocenters. The second-order valence-corrected chi connectivity index (χ2v) is 9.20. The summed E-state index contributed by atoms with van der Waals surface area (Å²) in [6.45, 7) is 0. The van der Waals surface area contributed by atoms with Crippen LogP contribution < -0.4 is 0 Å². The maximum atomic E-state index is 12.6. The van der Waals surface area contributed by atoms with Gasteiger partial charge in [-0.1, -0.05) is 47.8 Å². The molecule has 0 unspecified atom stereocenters. The van der Waals surface area contributed by atoms with E-state index in [1.165, 1.54) is 0 Å². The van der Waals surface area contributed by atoms with Gasteiger partial charge in [-0.2, -0.15) is 0 Å². The highest BCUT2D eigenvalue weighted by Crippen LogP contribution is 2.32. The molecule has 0 N–H and O–H groups in total. The molecule has 2 aromatic carbocycles. The van der Waals surface area contributed by atoms with Crippen LogP contribution in [-0.4, -0.2) is 8.42 Å². The van der Waals surface area contributed by atoms with Crippen LogP contribution >= 0.6 is 63.7 Å². The van der Waals surface area contributed by atoms with Crippen molar-refractivity contribution in [1.29, 1.82) is 0 Å². The van der Waals surface area contributed by atoms with Gasteiger partial charge < -0.3 is 0 Å². The van der Waals surface area contributed by atoms with Crippen molar-refractivity contribution in [3.63, 3.8) is 0 Å². The van der Waals surface area contributed by atoms with Crippen molar-refractivity contribution in [1.82, 2.24) is 0 Å². The lowest BCUT2D eigenvalue weighted by Crippen LogP contribution is -2.03. The van der Waals surface area contributed by atoms with Gasteiger partial charge in [-0.05, 0) is 52.3 Å². The molecule has 2 rings (SSSR count). The van der Waals surface area contributed by atoms with Crippen molar-refractivity contribution in [2.24, 2.45) is 0 Å². The van der Waals surface area contributed by atoms with Crippen LogP contribution in [0.15, 0.2) is 64.1 Å². The fraction of sp³-hybridized carbons (Fsp3) is 0. The minimum atomic E-state index is -3.56. The van der Waals surface area contributed by atoms with Crippen LogP contribution in [0.1, 0.15) is 0 Å². The van der Waals surface area contributed by atoms with E-state index in [1.54, 1.807) is 36.4 Å². The summed E-state index contributed by atoms with van der Waals surface area (Å²) in [7, 11) is -3.56. The third-order valence-electron chi connectivity index (χ3n) is 2.33. The number of hydrogen-bond acceptors (Lipinski definition) is 2. The molecule has 0 saturated heterocycles. The first kappa shape index (κ1) is 15.7. The topological polar surface area (TPSA) is 34.1 Å². The van der Waals surface area contributed by atoms with E-state index in [4.69, 9.17) is 0 Å². The summed E-state index contributed by atoms with van der Waals surface area (Å²) in [6, 6.07) is 9.92. The number of sulfone groups is 1. The molecule has 2 aromatic rings. The molecule has 2 nitrogen and oxygen atoms in total. The Bertz CT molecular complexity index is 721. The summed E-state index contributed by atoms with van der Waals surface area (Å²) in [6.07, 6.45) is 0. The van der Waals surface area contributed by atoms with E-state index in [9.17, 15) is 8.42 Å². The molecule has 0 aliphatic rings. The molecular weight excluding hydrogens is 528 g/mol. The highest BCUT2D eigenvalue weighted by Gasteiger charge is 2.21. The minimum absolute atomic E-state index is 0.233. The summed E-state index contributed by atoms with van der Waals surface area (Å²) in [5.41, 5.74) is 0. The first-order chi connectivity index (χ1) is 8.80. The molecule has 0 saturated carbocycles. The monoisotopic (exact) mass is 530 g/mol. The van der Waals surface area contributed by atoms with Crippen LogP contribution in [0.3, 0.4) is 0 Å². The summed E-state index contributed by atoms with van der Waals surface area (Å²) >= 11 is 13.2. The van der Waals surface area contributed by atoms with E-state index >= 15 is 0 Å². The van der Waals surface area contributed by atoms with Gasteiger partial charge >= 0.3 is 0 Å². The van der Waals surface area contributed by atoms with Gasteiger partial charge in [0.05, 0.1) is 9.79 Å². The van der Waals surface area contributed by atoms with Crippen molar-refractivity contribution >= 4 is 73.6 Å². The Morgan fingerprint density at radius 2 is 1.32 bits per heavy atom. The summed E-state index contributed by atoms with van der Waals surface area (Å²) in [5.74, 6) is 0. The second-order valence-electron chi connectivity index (χ2n) is 3.68. The van der Waals surface area contributed by atoms with Gasteiger partial charge in [0.1, 0.15) is 0 Å². The van der Waals surface area contributed by atoms with Crippen LogP contribution in [0.5, 0.6) is 0 Å². The first-order valence-corrected chi connectivity index (χ1v) is 9.62. The van der Waals surface area contributed by atoms with Crippen molar-refractivity contribution in [2.45, 2.75) is 9.79 Å². The van der Waals surface area contributed by atoms with E-state index in [2.05, 4.69) is 63.7 Å². The number of benzene rings is 2. The van der Waals surface area contributed by atoms with E-state index in [0.29, 0.717) is 13.4 Å². The van der Waals surface area contributed by atoms with Crippen LogP contribution in [0.2, 0.25) is 0 Å². The molecule has 0 aromatic heterocycles. The minimum Gasteiger partial charge on any atom is -0.218 e. The molecule has 0 fully saturated rings. The number of rotatable bonds is 2. The van der Waals surface area contributed by atoms with Gasteiger partial charge in [-0.3, -0.25) is 0 Å². The molecule has 100 valence electrons. The zero-order chi connectivity index (χ0) is 14.2. The normalized spacial score (nSPS) is 11.6. The maximum absolute atomic E-state index is 12.6. The SMILES string of the molecule is O=S(=O)(c1cc(Br)cc(Br)c1)c1ccc(Br)cc1Br. The van der Waals surface area contributed by atoms with Gasteiger partial charge in [0, 0.05) is 17.9 Å². The summed E-state index contributed by atoms with van der Waals surface area (Å²) in [5, 5.41) is 0. The predicted octanol–water partition coefficient (Wildman–Crippen LogP) is 5.57. The second kappa shape index (κ2) is 5.97. The smallest absolute Gasteiger partial charge is 0.207 e. The lowest BCUT2D eigenvalue weighted by molar-refractivity contribution is 0.595. The molecule has 0 aliphatic carbocycles. The molecule has 0 aliphatic heterocycles. The zero-order valence-corrected chi connectivity index (χ0v) is 16.4. The molecule has 0 bridgehead atoms. The van der Waals surface area contributed by atoms with Crippen LogP contribution in [0.4, 0.5) is 0 Å². The molecular formula is C12H6Br4O2S. The van der Waals surface area contributed by atoms with E-state index in [1.807, 2.05) is 0 Å². The average Bonchev–Trinajstić information content (AvgIpc) is 2.26. The largest absolute Gasteiger partial charge is 0.218 e. The van der Waals surface area contributed by atoms with E-state index in [-0.39, 0.29) is 9.79 Å². The standard InChI is InChI=1S/C12H6Br4O2S/c13-7-1-2-12(11(16)6-7)19(17,18)10-4-8(14)3-9(15)5-10/h1-6H. The van der Waals surface area contributed by atoms with Crippen molar-refractivity contribution in [2.75, 3.05) is 0 Å². The Kier molecular flexibility index (Phi) is 4.93. The maximum Gasteiger partial charge on any atom is 0.207 e. The molecule has 19 heavy (non-hydrogen) atoms. The molecule has 0 amide bonds. The Morgan fingerprint density at radius 1 is 0.737 bits per heavy atom. The number of halogens is 4. The Labute approximate surface area is 145 Å². The summed E-state index contributed by atoms with van der Waals surface area (Å²) < 4.78 is 27.9. The fourth-order valence-corrected chi connectivity index (χ4v) is 6.17. The van der Waals surface area contributed by atoms with Crippen LogP contribution in [0, 0.1) is 0 Å². The van der Waals surface area contributed by atoms with Gasteiger partial charge in [0.15, 0.2) is 0 Å². The molecule has 0 heterocycles. The fourth-order valence-electron chi connectivity index (χ4n) is 1.50. The lowest BCUT2D eigenvalue weighted by Gasteiger charge is -2.08. The van der Waals surface area contributed by atoms with E-state index in [0.717, 1.165) is 4.47 Å². The highest BCUT2D eigenvalue weighted by molar-refractivity contribution is 9.11. The highest BCUT2D eigenvalue weighted by atomic mass is 79.9. The first-order valence-electron chi connectivity index (χ1n) is 4.97. The third-order valence-corrected chi connectivity index (χ3v) is 6.45. The van der Waals surface area contributed by atoms with Gasteiger partial charge in [0.2, 0.25) is 9.84 Å². The molecule has 0 spiro atoms. The van der Waals surface area contributed by atoms with Gasteiger partial charge in [0.25, 0.3) is 0 Å². The number of hydrogen-bond donors (Lipinski definition) is 0. The van der Waals surface area contributed by atoms with Crippen molar-refractivity contribution < 1.29 is 8.42 Å². The predicted molar refractivity (Wildman–Crippen MR) is 89.1 cm³/mol. The molecule has 7 heteroatoms. The third kappa shape index (κ3) is 3.50. The Hall–Kier alpha value is 0.310. The van der Waals surface area contributed by atoms with Gasteiger partial charge in [-0.25, -0.2) is 8.42 Å². The lowest BCUT2D eigenvalue weighted by atomic mass is 10.4. The van der Waals surface area contributed by atoms with Gasteiger partial charge in [-0.15, -0.1) is 0 Å². The zero-order valence-electron chi connectivity index (χ0n) is 9.20. The van der Waals surface area contributed by atoms with Crippen LogP contribution in [-0.2, 0) is 9.84 Å². The quantitative estimate of drug-likeness (QED) is 0.506.